The Morgan fingerprint density at radius 3 is 2.48 bits per heavy atom. The molecular weight excluding hydrogens is 294 g/mol. The van der Waals surface area contributed by atoms with Gasteiger partial charge in [0.05, 0.1) is 0 Å². The lowest BCUT2D eigenvalue weighted by molar-refractivity contribution is -0.131. The van der Waals surface area contributed by atoms with Gasteiger partial charge in [0.25, 0.3) is 5.91 Å². The van der Waals surface area contributed by atoms with E-state index in [0.717, 1.165) is 11.3 Å². The molecule has 4 amide bonds. The predicted octanol–water partition coefficient (Wildman–Crippen LogP) is 2.01. The monoisotopic (exact) mass is 317 g/mol. The molecular formula is C17H23N3O3. The van der Waals surface area contributed by atoms with Gasteiger partial charge in [-0.05, 0) is 31.4 Å². The van der Waals surface area contributed by atoms with Crippen molar-refractivity contribution < 1.29 is 14.4 Å². The minimum atomic E-state index is -0.603. The van der Waals surface area contributed by atoms with Crippen molar-refractivity contribution in [2.45, 2.75) is 33.2 Å². The van der Waals surface area contributed by atoms with Gasteiger partial charge in [-0.25, -0.2) is 4.79 Å². The zero-order valence-corrected chi connectivity index (χ0v) is 13.8. The maximum absolute atomic E-state index is 12.5. The number of nitrogens with one attached hydrogen (secondary N) is 1. The van der Waals surface area contributed by atoms with Crippen molar-refractivity contribution >= 4 is 23.5 Å². The Labute approximate surface area is 136 Å². The van der Waals surface area contributed by atoms with Gasteiger partial charge >= 0.3 is 6.03 Å². The SMILES string of the molecule is CC(C)CCNC(=O)CN1C(=O)C(C)N(c2ccccc2)C1=O. The Morgan fingerprint density at radius 1 is 1.22 bits per heavy atom. The number of benzene rings is 1. The van der Waals surface area contributed by atoms with Gasteiger partial charge in [0.1, 0.15) is 12.6 Å². The fourth-order valence-corrected chi connectivity index (χ4v) is 2.49. The van der Waals surface area contributed by atoms with Crippen molar-refractivity contribution in [3.05, 3.63) is 30.3 Å². The molecule has 1 aliphatic heterocycles. The van der Waals surface area contributed by atoms with Gasteiger partial charge in [-0.2, -0.15) is 0 Å². The van der Waals surface area contributed by atoms with Crippen LogP contribution in [0.5, 0.6) is 0 Å². The molecule has 0 aliphatic carbocycles. The first-order valence-electron chi connectivity index (χ1n) is 7.88. The highest BCUT2D eigenvalue weighted by molar-refractivity contribution is 6.15. The molecule has 1 heterocycles. The van der Waals surface area contributed by atoms with E-state index >= 15 is 0 Å². The van der Waals surface area contributed by atoms with Crippen LogP contribution in [-0.2, 0) is 9.59 Å². The molecule has 23 heavy (non-hydrogen) atoms. The van der Waals surface area contributed by atoms with Crippen molar-refractivity contribution in [1.82, 2.24) is 10.2 Å². The number of amides is 4. The van der Waals surface area contributed by atoms with Gasteiger partial charge < -0.3 is 5.32 Å². The first-order valence-corrected chi connectivity index (χ1v) is 7.88. The summed E-state index contributed by atoms with van der Waals surface area (Å²) in [6.07, 6.45) is 0.861. The number of hydrogen-bond acceptors (Lipinski definition) is 3. The van der Waals surface area contributed by atoms with Crippen LogP contribution in [0.4, 0.5) is 10.5 Å². The number of anilines is 1. The molecule has 1 aliphatic rings. The largest absolute Gasteiger partial charge is 0.355 e. The number of para-hydroxylation sites is 1. The first-order chi connectivity index (χ1) is 10.9. The Bertz CT molecular complexity index is 586. The molecule has 124 valence electrons. The molecule has 1 atom stereocenters. The summed E-state index contributed by atoms with van der Waals surface area (Å²) in [6, 6.07) is 7.95. The van der Waals surface area contributed by atoms with E-state index in [1.807, 2.05) is 6.07 Å². The number of imide groups is 1. The van der Waals surface area contributed by atoms with E-state index in [-0.39, 0.29) is 18.4 Å². The first kappa shape index (κ1) is 17.0. The van der Waals surface area contributed by atoms with Gasteiger partial charge in [0.2, 0.25) is 5.91 Å². The fraction of sp³-hybridized carbons (Fsp3) is 0.471. The van der Waals surface area contributed by atoms with Crippen molar-refractivity contribution in [3.8, 4) is 0 Å². The average molecular weight is 317 g/mol. The number of carbonyl (C=O) groups excluding carboxylic acids is 3. The number of nitrogens with zero attached hydrogens (tertiary/aromatic N) is 2. The highest BCUT2D eigenvalue weighted by Crippen LogP contribution is 2.25. The average Bonchev–Trinajstić information content (AvgIpc) is 2.71. The van der Waals surface area contributed by atoms with Gasteiger partial charge in [-0.3, -0.25) is 19.4 Å². The number of carbonyl (C=O) groups is 3. The molecule has 0 aromatic heterocycles. The summed E-state index contributed by atoms with van der Waals surface area (Å²) in [5.41, 5.74) is 0.654. The Balaban J connectivity index is 2.02. The van der Waals surface area contributed by atoms with E-state index in [4.69, 9.17) is 0 Å². The zero-order chi connectivity index (χ0) is 17.0. The molecule has 6 nitrogen and oxygen atoms in total. The van der Waals surface area contributed by atoms with Crippen LogP contribution in [0.1, 0.15) is 27.2 Å². The summed E-state index contributed by atoms with van der Waals surface area (Å²) in [4.78, 5) is 39.2. The lowest BCUT2D eigenvalue weighted by Gasteiger charge is -2.19. The molecule has 1 aromatic carbocycles. The Kier molecular flexibility index (Phi) is 5.36. The van der Waals surface area contributed by atoms with Crippen molar-refractivity contribution in [3.63, 3.8) is 0 Å². The van der Waals surface area contributed by atoms with Crippen LogP contribution in [0, 0.1) is 5.92 Å². The third kappa shape index (κ3) is 3.88. The second-order valence-corrected chi connectivity index (χ2v) is 6.12. The number of rotatable bonds is 6. The second-order valence-electron chi connectivity index (χ2n) is 6.12. The van der Waals surface area contributed by atoms with Crippen LogP contribution in [0.2, 0.25) is 0 Å². The van der Waals surface area contributed by atoms with Crippen LogP contribution in [-0.4, -0.2) is 41.9 Å². The minimum Gasteiger partial charge on any atom is -0.355 e. The van der Waals surface area contributed by atoms with E-state index in [0.29, 0.717) is 18.2 Å². The molecule has 0 bridgehead atoms. The summed E-state index contributed by atoms with van der Waals surface area (Å²) in [5.74, 6) is -0.175. The van der Waals surface area contributed by atoms with Crippen LogP contribution in [0.3, 0.4) is 0 Å². The topological polar surface area (TPSA) is 69.7 Å². The van der Waals surface area contributed by atoms with E-state index < -0.39 is 12.1 Å². The number of hydrogen-bond donors (Lipinski definition) is 1. The van der Waals surface area contributed by atoms with Crippen LogP contribution >= 0.6 is 0 Å². The predicted molar refractivity (Wildman–Crippen MR) is 88.0 cm³/mol. The normalized spacial score (nSPS) is 18.0. The van der Waals surface area contributed by atoms with Gasteiger partial charge in [-0.15, -0.1) is 0 Å². The molecule has 1 aromatic rings. The Morgan fingerprint density at radius 2 is 1.87 bits per heavy atom. The van der Waals surface area contributed by atoms with Crippen molar-refractivity contribution in [2.24, 2.45) is 5.92 Å². The summed E-state index contributed by atoms with van der Waals surface area (Å²) in [7, 11) is 0. The third-order valence-corrected chi connectivity index (χ3v) is 3.83. The fourth-order valence-electron chi connectivity index (χ4n) is 2.49. The second kappa shape index (κ2) is 7.26. The molecule has 0 saturated carbocycles. The summed E-state index contributed by atoms with van der Waals surface area (Å²) < 4.78 is 0. The maximum Gasteiger partial charge on any atom is 0.332 e. The maximum atomic E-state index is 12.5. The summed E-state index contributed by atoms with van der Waals surface area (Å²) in [5, 5.41) is 2.75. The highest BCUT2D eigenvalue weighted by atomic mass is 16.2. The molecule has 2 rings (SSSR count). The van der Waals surface area contributed by atoms with E-state index in [2.05, 4.69) is 19.2 Å². The quantitative estimate of drug-likeness (QED) is 0.816. The number of urea groups is 1. The van der Waals surface area contributed by atoms with Crippen LogP contribution in [0.25, 0.3) is 0 Å². The van der Waals surface area contributed by atoms with Gasteiger partial charge in [0, 0.05) is 12.2 Å². The molecule has 6 heteroatoms. The minimum absolute atomic E-state index is 0.233. The standard InChI is InChI=1S/C17H23N3O3/c1-12(2)9-10-18-15(21)11-19-16(22)13(3)20(17(19)23)14-7-5-4-6-8-14/h4-8,12-13H,9-11H2,1-3H3,(H,18,21). The smallest absolute Gasteiger partial charge is 0.332 e. The molecule has 0 spiro atoms. The zero-order valence-electron chi connectivity index (χ0n) is 13.8. The molecule has 1 saturated heterocycles. The van der Waals surface area contributed by atoms with E-state index in [9.17, 15) is 14.4 Å². The summed E-state index contributed by atoms with van der Waals surface area (Å²) >= 11 is 0. The lowest BCUT2D eigenvalue weighted by atomic mass is 10.1. The van der Waals surface area contributed by atoms with E-state index in [1.54, 1.807) is 31.2 Å². The summed E-state index contributed by atoms with van der Waals surface area (Å²) in [6.45, 7) is 6.12. The van der Waals surface area contributed by atoms with Crippen LogP contribution < -0.4 is 10.2 Å². The van der Waals surface area contributed by atoms with Crippen LogP contribution in [0.15, 0.2) is 30.3 Å². The van der Waals surface area contributed by atoms with Gasteiger partial charge in [-0.1, -0.05) is 32.0 Å². The highest BCUT2D eigenvalue weighted by Gasteiger charge is 2.43. The molecule has 1 unspecified atom stereocenters. The van der Waals surface area contributed by atoms with E-state index in [1.165, 1.54) is 4.90 Å². The molecule has 0 radical (unpaired) electrons. The molecule has 1 N–H and O–H groups in total. The van der Waals surface area contributed by atoms with Crippen molar-refractivity contribution in [1.29, 1.82) is 0 Å². The Hall–Kier alpha value is -2.37. The molecule has 1 fully saturated rings. The van der Waals surface area contributed by atoms with Crippen molar-refractivity contribution in [2.75, 3.05) is 18.0 Å². The lowest BCUT2D eigenvalue weighted by Crippen LogP contribution is -2.41. The van der Waals surface area contributed by atoms with Gasteiger partial charge in [0.15, 0.2) is 0 Å². The third-order valence-electron chi connectivity index (χ3n) is 3.83.